The second kappa shape index (κ2) is 5.73. The van der Waals surface area contributed by atoms with Crippen LogP contribution < -0.4 is 10.6 Å². The summed E-state index contributed by atoms with van der Waals surface area (Å²) in [6.45, 7) is 1.60. The summed E-state index contributed by atoms with van der Waals surface area (Å²) >= 11 is 0. The van der Waals surface area contributed by atoms with Gasteiger partial charge >= 0.3 is 6.03 Å². The SMILES string of the molecule is O=C(NCC1CCc2nccn2C1)Nc1ccncc1. The molecule has 2 amide bonds. The van der Waals surface area contributed by atoms with Gasteiger partial charge in [-0.05, 0) is 24.5 Å². The third kappa shape index (κ3) is 2.96. The quantitative estimate of drug-likeness (QED) is 0.891. The Bertz CT molecular complexity index is 580. The lowest BCUT2D eigenvalue weighted by atomic mass is 9.99. The molecule has 1 unspecified atom stereocenters. The van der Waals surface area contributed by atoms with Gasteiger partial charge in [0.25, 0.3) is 0 Å². The number of pyridine rings is 1. The van der Waals surface area contributed by atoms with Crippen molar-refractivity contribution in [3.05, 3.63) is 42.7 Å². The number of imidazole rings is 1. The number of fused-ring (bicyclic) bond motifs is 1. The molecule has 0 fully saturated rings. The fourth-order valence-corrected chi connectivity index (χ4v) is 2.45. The summed E-state index contributed by atoms with van der Waals surface area (Å²) in [5.74, 6) is 1.60. The van der Waals surface area contributed by atoms with Gasteiger partial charge in [-0.25, -0.2) is 9.78 Å². The zero-order valence-electron chi connectivity index (χ0n) is 11.1. The molecular weight excluding hydrogens is 254 g/mol. The molecule has 0 aromatic carbocycles. The third-order valence-corrected chi connectivity index (χ3v) is 3.52. The third-order valence-electron chi connectivity index (χ3n) is 3.52. The molecule has 0 saturated carbocycles. The summed E-state index contributed by atoms with van der Waals surface area (Å²) < 4.78 is 2.16. The van der Waals surface area contributed by atoms with Crippen LogP contribution in [-0.2, 0) is 13.0 Å². The van der Waals surface area contributed by atoms with Crippen LogP contribution in [0.3, 0.4) is 0 Å². The second-order valence-electron chi connectivity index (χ2n) is 4.97. The van der Waals surface area contributed by atoms with E-state index in [2.05, 4.69) is 25.2 Å². The van der Waals surface area contributed by atoms with Crippen molar-refractivity contribution >= 4 is 11.7 Å². The summed E-state index contributed by atoms with van der Waals surface area (Å²) in [6, 6.07) is 3.35. The minimum absolute atomic E-state index is 0.173. The van der Waals surface area contributed by atoms with Crippen LogP contribution in [0.25, 0.3) is 0 Å². The maximum absolute atomic E-state index is 11.8. The number of rotatable bonds is 3. The van der Waals surface area contributed by atoms with Gasteiger partial charge in [-0.1, -0.05) is 0 Å². The summed E-state index contributed by atoms with van der Waals surface area (Å²) in [7, 11) is 0. The van der Waals surface area contributed by atoms with Gasteiger partial charge in [0.15, 0.2) is 0 Å². The molecule has 2 aromatic heterocycles. The zero-order valence-corrected chi connectivity index (χ0v) is 11.1. The predicted molar refractivity (Wildman–Crippen MR) is 75.3 cm³/mol. The van der Waals surface area contributed by atoms with Gasteiger partial charge in [-0.15, -0.1) is 0 Å². The van der Waals surface area contributed by atoms with Crippen LogP contribution in [0.15, 0.2) is 36.9 Å². The van der Waals surface area contributed by atoms with E-state index in [9.17, 15) is 4.79 Å². The van der Waals surface area contributed by atoms with Gasteiger partial charge < -0.3 is 15.2 Å². The van der Waals surface area contributed by atoms with Crippen molar-refractivity contribution in [2.75, 3.05) is 11.9 Å². The minimum Gasteiger partial charge on any atom is -0.338 e. The molecule has 0 saturated heterocycles. The first-order chi connectivity index (χ1) is 9.81. The van der Waals surface area contributed by atoms with Crippen molar-refractivity contribution in [1.82, 2.24) is 19.9 Å². The van der Waals surface area contributed by atoms with Crippen LogP contribution in [0.2, 0.25) is 0 Å². The maximum Gasteiger partial charge on any atom is 0.319 e. The van der Waals surface area contributed by atoms with Crippen LogP contribution in [0.1, 0.15) is 12.2 Å². The molecular formula is C14H17N5O. The highest BCUT2D eigenvalue weighted by atomic mass is 16.2. The molecule has 6 heteroatoms. The molecule has 3 rings (SSSR count). The van der Waals surface area contributed by atoms with E-state index in [4.69, 9.17) is 0 Å². The van der Waals surface area contributed by atoms with Gasteiger partial charge in [-0.3, -0.25) is 4.98 Å². The maximum atomic E-state index is 11.8. The molecule has 2 aromatic rings. The van der Waals surface area contributed by atoms with Crippen molar-refractivity contribution < 1.29 is 4.79 Å². The van der Waals surface area contributed by atoms with Gasteiger partial charge in [0.1, 0.15) is 5.82 Å². The molecule has 3 heterocycles. The molecule has 1 aliphatic heterocycles. The molecule has 0 bridgehead atoms. The van der Waals surface area contributed by atoms with Gasteiger partial charge in [0.2, 0.25) is 0 Å². The fraction of sp³-hybridized carbons (Fsp3) is 0.357. The number of anilines is 1. The Hall–Kier alpha value is -2.37. The number of nitrogens with zero attached hydrogens (tertiary/aromatic N) is 3. The van der Waals surface area contributed by atoms with Crippen LogP contribution in [0.4, 0.5) is 10.5 Å². The van der Waals surface area contributed by atoms with Crippen molar-refractivity contribution in [2.24, 2.45) is 5.92 Å². The molecule has 0 aliphatic carbocycles. The van der Waals surface area contributed by atoms with Crippen molar-refractivity contribution in [2.45, 2.75) is 19.4 Å². The van der Waals surface area contributed by atoms with E-state index in [1.807, 2.05) is 12.4 Å². The Kier molecular flexibility index (Phi) is 3.62. The summed E-state index contributed by atoms with van der Waals surface area (Å²) in [4.78, 5) is 20.0. The number of aromatic nitrogens is 3. The number of aryl methyl sites for hydroxylation is 1. The molecule has 104 valence electrons. The molecule has 1 aliphatic rings. The van der Waals surface area contributed by atoms with Crippen LogP contribution in [-0.4, -0.2) is 27.1 Å². The van der Waals surface area contributed by atoms with E-state index in [1.165, 1.54) is 0 Å². The lowest BCUT2D eigenvalue weighted by Crippen LogP contribution is -2.36. The number of hydrogen-bond donors (Lipinski definition) is 2. The van der Waals surface area contributed by atoms with E-state index in [0.29, 0.717) is 12.5 Å². The van der Waals surface area contributed by atoms with Crippen LogP contribution in [0, 0.1) is 5.92 Å². The Morgan fingerprint density at radius 2 is 2.20 bits per heavy atom. The van der Waals surface area contributed by atoms with Crippen molar-refractivity contribution in [3.63, 3.8) is 0 Å². The highest BCUT2D eigenvalue weighted by Crippen LogP contribution is 2.17. The molecule has 20 heavy (non-hydrogen) atoms. The number of carbonyl (C=O) groups excluding carboxylic acids is 1. The highest BCUT2D eigenvalue weighted by Gasteiger charge is 2.19. The zero-order chi connectivity index (χ0) is 13.8. The van der Waals surface area contributed by atoms with E-state index in [0.717, 1.165) is 30.9 Å². The molecule has 0 spiro atoms. The minimum atomic E-state index is -0.173. The average Bonchev–Trinajstić information content (AvgIpc) is 2.93. The van der Waals surface area contributed by atoms with E-state index in [-0.39, 0.29) is 6.03 Å². The molecule has 1 atom stereocenters. The first kappa shape index (κ1) is 12.7. The Morgan fingerprint density at radius 1 is 1.35 bits per heavy atom. The van der Waals surface area contributed by atoms with E-state index < -0.39 is 0 Å². The largest absolute Gasteiger partial charge is 0.338 e. The van der Waals surface area contributed by atoms with Gasteiger partial charge in [0.05, 0.1) is 0 Å². The van der Waals surface area contributed by atoms with E-state index >= 15 is 0 Å². The molecule has 2 N–H and O–H groups in total. The normalized spacial score (nSPS) is 17.3. The topological polar surface area (TPSA) is 71.8 Å². The first-order valence-electron chi connectivity index (χ1n) is 6.76. The van der Waals surface area contributed by atoms with Crippen molar-refractivity contribution in [1.29, 1.82) is 0 Å². The summed E-state index contributed by atoms with van der Waals surface area (Å²) in [5, 5.41) is 5.71. The lowest BCUT2D eigenvalue weighted by Gasteiger charge is -2.24. The van der Waals surface area contributed by atoms with Gasteiger partial charge in [-0.2, -0.15) is 0 Å². The number of nitrogens with one attached hydrogen (secondary N) is 2. The Balaban J connectivity index is 1.47. The van der Waals surface area contributed by atoms with Crippen LogP contribution >= 0.6 is 0 Å². The predicted octanol–water partition coefficient (Wildman–Crippen LogP) is 1.66. The van der Waals surface area contributed by atoms with E-state index in [1.54, 1.807) is 24.5 Å². The van der Waals surface area contributed by atoms with Crippen molar-refractivity contribution in [3.8, 4) is 0 Å². The smallest absolute Gasteiger partial charge is 0.319 e. The Morgan fingerprint density at radius 3 is 3.05 bits per heavy atom. The second-order valence-corrected chi connectivity index (χ2v) is 4.97. The highest BCUT2D eigenvalue weighted by molar-refractivity contribution is 5.89. The molecule has 0 radical (unpaired) electrons. The first-order valence-corrected chi connectivity index (χ1v) is 6.76. The Labute approximate surface area is 117 Å². The average molecular weight is 271 g/mol. The molecule has 6 nitrogen and oxygen atoms in total. The fourth-order valence-electron chi connectivity index (χ4n) is 2.45. The number of hydrogen-bond acceptors (Lipinski definition) is 3. The summed E-state index contributed by atoms with van der Waals surface area (Å²) in [6.07, 6.45) is 9.17. The number of carbonyl (C=O) groups is 1. The number of urea groups is 1. The standard InChI is InChI=1S/C14H17N5O/c20-14(18-12-3-5-15-6-4-12)17-9-11-1-2-13-16-7-8-19(13)10-11/h3-8,11H,1-2,9-10H2,(H2,15,17,18,20). The van der Waals surface area contributed by atoms with Crippen LogP contribution in [0.5, 0.6) is 0 Å². The monoisotopic (exact) mass is 271 g/mol. The number of amides is 2. The lowest BCUT2D eigenvalue weighted by molar-refractivity contribution is 0.247. The summed E-state index contributed by atoms with van der Waals surface area (Å²) in [5.41, 5.74) is 0.748. The van der Waals surface area contributed by atoms with Gasteiger partial charge in [0, 0.05) is 50.0 Å².